The van der Waals surface area contributed by atoms with Crippen LogP contribution in [0.5, 0.6) is 0 Å². The largest absolute Gasteiger partial charge is 0.431 e. The number of carbonyl (C=O) groups excluding carboxylic acids is 1. The van der Waals surface area contributed by atoms with E-state index in [-0.39, 0.29) is 35.1 Å². The minimum Gasteiger partial charge on any atom is -0.349 e. The maximum Gasteiger partial charge on any atom is 0.431 e. The number of rotatable bonds is 5. The van der Waals surface area contributed by atoms with Crippen molar-refractivity contribution >= 4 is 17.5 Å². The van der Waals surface area contributed by atoms with E-state index in [0.717, 1.165) is 4.57 Å². The van der Waals surface area contributed by atoms with Crippen molar-refractivity contribution in [2.24, 2.45) is 0 Å². The number of aromatic nitrogens is 2. The van der Waals surface area contributed by atoms with Gasteiger partial charge in [-0.2, -0.15) is 13.2 Å². The Hall–Kier alpha value is -2.80. The van der Waals surface area contributed by atoms with Gasteiger partial charge in [-0.05, 0) is 44.0 Å². The predicted molar refractivity (Wildman–Crippen MR) is 111 cm³/mol. The molecule has 0 spiro atoms. The first kappa shape index (κ1) is 21.9. The van der Waals surface area contributed by atoms with Gasteiger partial charge in [0.25, 0.3) is 5.91 Å². The average molecular weight is 436 g/mol. The Morgan fingerprint density at radius 3 is 2.37 bits per heavy atom. The van der Waals surface area contributed by atoms with E-state index in [2.05, 4.69) is 10.3 Å². The molecule has 0 atom stereocenters. The number of nitrogens with one attached hydrogen (secondary N) is 1. The Morgan fingerprint density at radius 2 is 1.83 bits per heavy atom. The Labute approximate surface area is 177 Å². The number of alkyl halides is 3. The fourth-order valence-electron chi connectivity index (χ4n) is 3.44. The summed E-state index contributed by atoms with van der Waals surface area (Å²) in [4.78, 5) is 17.2. The maximum atomic E-state index is 14.1. The molecule has 0 fully saturated rings. The van der Waals surface area contributed by atoms with Crippen LogP contribution in [-0.4, -0.2) is 21.5 Å². The van der Waals surface area contributed by atoms with Crippen LogP contribution in [-0.2, 0) is 12.7 Å². The van der Waals surface area contributed by atoms with Crippen molar-refractivity contribution in [2.45, 2.75) is 39.5 Å². The van der Waals surface area contributed by atoms with Gasteiger partial charge in [-0.1, -0.05) is 41.9 Å². The van der Waals surface area contributed by atoms with Gasteiger partial charge in [0.1, 0.15) is 11.4 Å². The maximum absolute atomic E-state index is 14.1. The molecule has 1 amide bonds. The molecule has 1 N–H and O–H groups in total. The standard InChI is InChI=1S/C22H21ClF3N3O/c1-13(2)28-21(30)19-18(17-10-9-16(23)11-27-17)14(3)20(22(24,25)26)29(19)12-15-7-5-4-6-8-15/h4-11,13H,12H2,1-3H3,(H,28,30). The summed E-state index contributed by atoms with van der Waals surface area (Å²) in [6, 6.07) is 11.5. The van der Waals surface area contributed by atoms with E-state index in [0.29, 0.717) is 10.6 Å². The normalized spacial score (nSPS) is 11.7. The van der Waals surface area contributed by atoms with E-state index in [1.54, 1.807) is 44.2 Å². The molecule has 30 heavy (non-hydrogen) atoms. The van der Waals surface area contributed by atoms with Crippen LogP contribution in [0.15, 0.2) is 48.7 Å². The molecule has 2 aromatic heterocycles. The van der Waals surface area contributed by atoms with Gasteiger partial charge < -0.3 is 9.88 Å². The number of pyridine rings is 1. The van der Waals surface area contributed by atoms with Gasteiger partial charge >= 0.3 is 6.18 Å². The highest BCUT2D eigenvalue weighted by molar-refractivity contribution is 6.30. The van der Waals surface area contributed by atoms with Crippen molar-refractivity contribution in [2.75, 3.05) is 0 Å². The number of carbonyl (C=O) groups is 1. The molecule has 0 radical (unpaired) electrons. The summed E-state index contributed by atoms with van der Waals surface area (Å²) in [6.45, 7) is 4.76. The van der Waals surface area contributed by atoms with E-state index in [1.807, 2.05) is 0 Å². The molecule has 3 aromatic rings. The van der Waals surface area contributed by atoms with Crippen LogP contribution in [0.4, 0.5) is 13.2 Å². The topological polar surface area (TPSA) is 46.9 Å². The molecule has 158 valence electrons. The van der Waals surface area contributed by atoms with Gasteiger partial charge in [-0.25, -0.2) is 0 Å². The van der Waals surface area contributed by atoms with E-state index >= 15 is 0 Å². The second-order valence-corrected chi connectivity index (χ2v) is 7.69. The van der Waals surface area contributed by atoms with Gasteiger partial charge in [0.2, 0.25) is 0 Å². The lowest BCUT2D eigenvalue weighted by molar-refractivity contribution is -0.143. The smallest absolute Gasteiger partial charge is 0.349 e. The van der Waals surface area contributed by atoms with Gasteiger partial charge in [0.05, 0.1) is 10.7 Å². The molecule has 2 heterocycles. The highest BCUT2D eigenvalue weighted by Crippen LogP contribution is 2.41. The predicted octanol–water partition coefficient (Wildman–Crippen LogP) is 5.72. The molecule has 1 aromatic carbocycles. The van der Waals surface area contributed by atoms with Crippen LogP contribution in [0, 0.1) is 6.92 Å². The van der Waals surface area contributed by atoms with Crippen LogP contribution in [0.2, 0.25) is 5.02 Å². The molecular weight excluding hydrogens is 415 g/mol. The van der Waals surface area contributed by atoms with Gasteiger partial charge in [0.15, 0.2) is 0 Å². The molecule has 8 heteroatoms. The zero-order chi connectivity index (χ0) is 22.1. The van der Waals surface area contributed by atoms with Crippen molar-refractivity contribution in [1.82, 2.24) is 14.9 Å². The van der Waals surface area contributed by atoms with Crippen molar-refractivity contribution in [3.63, 3.8) is 0 Å². The number of amides is 1. The Balaban J connectivity index is 2.32. The summed E-state index contributed by atoms with van der Waals surface area (Å²) < 4.78 is 43.4. The molecule has 0 saturated heterocycles. The van der Waals surface area contributed by atoms with Crippen LogP contribution < -0.4 is 5.32 Å². The quantitative estimate of drug-likeness (QED) is 0.557. The van der Waals surface area contributed by atoms with Gasteiger partial charge in [-0.15, -0.1) is 0 Å². The van der Waals surface area contributed by atoms with Gasteiger partial charge in [-0.3, -0.25) is 9.78 Å². The van der Waals surface area contributed by atoms with E-state index in [1.165, 1.54) is 25.3 Å². The molecule has 0 aliphatic heterocycles. The number of hydrogen-bond donors (Lipinski definition) is 1. The molecule has 3 rings (SSSR count). The molecule has 0 saturated carbocycles. The molecule has 0 unspecified atom stereocenters. The summed E-state index contributed by atoms with van der Waals surface area (Å²) in [5, 5.41) is 3.07. The second-order valence-electron chi connectivity index (χ2n) is 7.26. The first-order valence-corrected chi connectivity index (χ1v) is 9.74. The number of hydrogen-bond acceptors (Lipinski definition) is 2. The lowest BCUT2D eigenvalue weighted by Crippen LogP contribution is -2.33. The SMILES string of the molecule is Cc1c(-c2ccc(Cl)cn2)c(C(=O)NC(C)C)n(Cc2ccccc2)c1C(F)(F)F. The second kappa shape index (κ2) is 8.52. The van der Waals surface area contributed by atoms with E-state index in [9.17, 15) is 18.0 Å². The third-order valence-electron chi connectivity index (χ3n) is 4.58. The zero-order valence-electron chi connectivity index (χ0n) is 16.7. The number of benzene rings is 1. The number of halogens is 4. The molecule has 0 bridgehead atoms. The first-order chi connectivity index (χ1) is 14.1. The fourth-order valence-corrected chi connectivity index (χ4v) is 3.55. The zero-order valence-corrected chi connectivity index (χ0v) is 17.5. The van der Waals surface area contributed by atoms with Crippen molar-refractivity contribution < 1.29 is 18.0 Å². The van der Waals surface area contributed by atoms with Crippen molar-refractivity contribution in [3.8, 4) is 11.3 Å². The third kappa shape index (κ3) is 4.51. The van der Waals surface area contributed by atoms with Crippen molar-refractivity contribution in [3.05, 3.63) is 76.2 Å². The number of nitrogens with zero attached hydrogens (tertiary/aromatic N) is 2. The Bertz CT molecular complexity index is 1040. The molecule has 0 aliphatic rings. The van der Waals surface area contributed by atoms with Crippen LogP contribution in [0.3, 0.4) is 0 Å². The summed E-state index contributed by atoms with van der Waals surface area (Å²) in [7, 11) is 0. The highest BCUT2D eigenvalue weighted by atomic mass is 35.5. The Morgan fingerprint density at radius 1 is 1.17 bits per heavy atom. The summed E-state index contributed by atoms with van der Waals surface area (Å²) >= 11 is 5.90. The van der Waals surface area contributed by atoms with Crippen LogP contribution in [0.1, 0.15) is 41.2 Å². The Kier molecular flexibility index (Phi) is 6.22. The van der Waals surface area contributed by atoms with E-state index < -0.39 is 17.8 Å². The highest BCUT2D eigenvalue weighted by Gasteiger charge is 2.41. The monoisotopic (exact) mass is 435 g/mol. The van der Waals surface area contributed by atoms with Gasteiger partial charge in [0, 0.05) is 24.3 Å². The fraction of sp³-hybridized carbons (Fsp3) is 0.273. The lowest BCUT2D eigenvalue weighted by atomic mass is 10.0. The van der Waals surface area contributed by atoms with Crippen molar-refractivity contribution in [1.29, 1.82) is 0 Å². The minimum absolute atomic E-state index is 0.0536. The average Bonchev–Trinajstić information content (AvgIpc) is 2.95. The molecular formula is C22H21ClF3N3O. The lowest BCUT2D eigenvalue weighted by Gasteiger charge is -2.17. The third-order valence-corrected chi connectivity index (χ3v) is 4.80. The van der Waals surface area contributed by atoms with E-state index in [4.69, 9.17) is 11.6 Å². The summed E-state index contributed by atoms with van der Waals surface area (Å²) in [5.74, 6) is -0.591. The molecule has 4 nitrogen and oxygen atoms in total. The first-order valence-electron chi connectivity index (χ1n) is 9.36. The summed E-state index contributed by atoms with van der Waals surface area (Å²) in [5.41, 5.74) is 0.0461. The molecule has 0 aliphatic carbocycles. The van der Waals surface area contributed by atoms with Crippen LogP contribution in [0.25, 0.3) is 11.3 Å². The summed E-state index contributed by atoms with van der Waals surface area (Å²) in [6.07, 6.45) is -3.31. The van der Waals surface area contributed by atoms with Crippen LogP contribution >= 0.6 is 11.6 Å². The minimum atomic E-state index is -4.66.